The molecule has 1 atom stereocenters. The van der Waals surface area contributed by atoms with Crippen LogP contribution in [0.5, 0.6) is 0 Å². The Bertz CT molecular complexity index is 223. The lowest BCUT2D eigenvalue weighted by atomic mass is 10.1. The molecular formula is C11H23N3O2. The van der Waals surface area contributed by atoms with Gasteiger partial charge in [-0.15, -0.1) is 0 Å². The van der Waals surface area contributed by atoms with Gasteiger partial charge in [-0.05, 0) is 25.4 Å². The number of hydrogen-bond acceptors (Lipinski definition) is 4. The third kappa shape index (κ3) is 3.98. The molecular weight excluding hydrogens is 206 g/mol. The molecule has 2 N–H and O–H groups in total. The topological polar surface area (TPSA) is 58.8 Å². The summed E-state index contributed by atoms with van der Waals surface area (Å²) < 4.78 is 4.73. The van der Waals surface area contributed by atoms with Gasteiger partial charge < -0.3 is 20.3 Å². The summed E-state index contributed by atoms with van der Waals surface area (Å²) in [7, 11) is 1.43. The maximum atomic E-state index is 11.4. The molecule has 0 aliphatic carbocycles. The van der Waals surface area contributed by atoms with Crippen LogP contribution in [0.3, 0.4) is 0 Å². The Labute approximate surface area is 97.5 Å². The molecule has 0 aromatic heterocycles. The predicted molar refractivity (Wildman–Crippen MR) is 63.3 cm³/mol. The van der Waals surface area contributed by atoms with Gasteiger partial charge in [-0.25, -0.2) is 4.79 Å². The highest BCUT2D eigenvalue weighted by molar-refractivity contribution is 5.67. The van der Waals surface area contributed by atoms with Crippen LogP contribution in [0.4, 0.5) is 4.79 Å². The second-order valence-electron chi connectivity index (χ2n) is 4.45. The van der Waals surface area contributed by atoms with E-state index in [0.717, 1.165) is 45.7 Å². The van der Waals surface area contributed by atoms with Crippen LogP contribution in [0.2, 0.25) is 0 Å². The summed E-state index contributed by atoms with van der Waals surface area (Å²) in [5.41, 5.74) is 5.61. The fourth-order valence-electron chi connectivity index (χ4n) is 1.98. The Morgan fingerprint density at radius 3 is 2.75 bits per heavy atom. The minimum absolute atomic E-state index is 0.214. The first-order chi connectivity index (χ1) is 7.67. The van der Waals surface area contributed by atoms with Gasteiger partial charge in [0.25, 0.3) is 0 Å². The average Bonchev–Trinajstić information content (AvgIpc) is 2.53. The zero-order chi connectivity index (χ0) is 12.0. The molecule has 0 aromatic rings. The monoisotopic (exact) mass is 229 g/mol. The first-order valence-electron chi connectivity index (χ1n) is 5.92. The number of nitrogens with two attached hydrogens (primary N) is 1. The quantitative estimate of drug-likeness (QED) is 0.759. The Kier molecular flexibility index (Phi) is 5.55. The number of nitrogens with zero attached hydrogens (tertiary/aromatic N) is 2. The third-order valence-corrected chi connectivity index (χ3v) is 2.99. The predicted octanol–water partition coefficient (Wildman–Crippen LogP) is 0.355. The van der Waals surface area contributed by atoms with Crippen LogP contribution < -0.4 is 5.73 Å². The highest BCUT2D eigenvalue weighted by Gasteiger charge is 2.19. The molecule has 1 unspecified atom stereocenters. The van der Waals surface area contributed by atoms with Gasteiger partial charge in [0.05, 0.1) is 7.11 Å². The van der Waals surface area contributed by atoms with Gasteiger partial charge in [-0.3, -0.25) is 0 Å². The molecule has 5 nitrogen and oxygen atoms in total. The van der Waals surface area contributed by atoms with Crippen LogP contribution in [0.15, 0.2) is 0 Å². The SMILES string of the molecule is COC(=O)N1CCCN(CC(C)CN)CC1. The van der Waals surface area contributed by atoms with E-state index in [1.54, 1.807) is 4.90 Å². The number of carbonyl (C=O) groups excluding carboxylic acids is 1. The Morgan fingerprint density at radius 2 is 2.12 bits per heavy atom. The number of rotatable bonds is 3. The molecule has 1 heterocycles. The average molecular weight is 229 g/mol. The Morgan fingerprint density at radius 1 is 1.38 bits per heavy atom. The smallest absolute Gasteiger partial charge is 0.409 e. The normalized spacial score (nSPS) is 20.3. The second-order valence-corrected chi connectivity index (χ2v) is 4.45. The highest BCUT2D eigenvalue weighted by atomic mass is 16.5. The van der Waals surface area contributed by atoms with Crippen LogP contribution in [-0.2, 0) is 4.74 Å². The summed E-state index contributed by atoms with van der Waals surface area (Å²) in [5, 5.41) is 0. The van der Waals surface area contributed by atoms with Crippen molar-refractivity contribution in [2.24, 2.45) is 11.7 Å². The molecule has 94 valence electrons. The van der Waals surface area contributed by atoms with Crippen molar-refractivity contribution >= 4 is 6.09 Å². The van der Waals surface area contributed by atoms with Crippen molar-refractivity contribution in [2.45, 2.75) is 13.3 Å². The van der Waals surface area contributed by atoms with Gasteiger partial charge in [0, 0.05) is 26.2 Å². The molecule has 0 radical (unpaired) electrons. The van der Waals surface area contributed by atoms with Crippen molar-refractivity contribution in [3.63, 3.8) is 0 Å². The lowest BCUT2D eigenvalue weighted by Crippen LogP contribution is -2.37. The molecule has 1 amide bonds. The van der Waals surface area contributed by atoms with Crippen LogP contribution in [0.1, 0.15) is 13.3 Å². The van der Waals surface area contributed by atoms with Crippen molar-refractivity contribution in [1.82, 2.24) is 9.80 Å². The van der Waals surface area contributed by atoms with Crippen molar-refractivity contribution < 1.29 is 9.53 Å². The maximum Gasteiger partial charge on any atom is 0.409 e. The molecule has 1 fully saturated rings. The lowest BCUT2D eigenvalue weighted by Gasteiger charge is -2.23. The van der Waals surface area contributed by atoms with E-state index in [4.69, 9.17) is 10.5 Å². The molecule has 1 aliphatic heterocycles. The second kappa shape index (κ2) is 6.70. The van der Waals surface area contributed by atoms with Crippen molar-refractivity contribution in [3.05, 3.63) is 0 Å². The van der Waals surface area contributed by atoms with E-state index < -0.39 is 0 Å². The highest BCUT2D eigenvalue weighted by Crippen LogP contribution is 2.06. The summed E-state index contributed by atoms with van der Waals surface area (Å²) in [6, 6.07) is 0. The minimum Gasteiger partial charge on any atom is -0.453 e. The van der Waals surface area contributed by atoms with Gasteiger partial charge in [-0.2, -0.15) is 0 Å². The van der Waals surface area contributed by atoms with Gasteiger partial charge in [0.1, 0.15) is 0 Å². The number of amides is 1. The van der Waals surface area contributed by atoms with Crippen molar-refractivity contribution in [3.8, 4) is 0 Å². The van der Waals surface area contributed by atoms with E-state index in [1.807, 2.05) is 0 Å². The van der Waals surface area contributed by atoms with E-state index in [1.165, 1.54) is 7.11 Å². The summed E-state index contributed by atoms with van der Waals surface area (Å²) in [6.07, 6.45) is 0.792. The van der Waals surface area contributed by atoms with Gasteiger partial charge in [0.2, 0.25) is 0 Å². The lowest BCUT2D eigenvalue weighted by molar-refractivity contribution is 0.124. The number of carbonyl (C=O) groups is 1. The third-order valence-electron chi connectivity index (χ3n) is 2.99. The minimum atomic E-state index is -0.214. The number of methoxy groups -OCH3 is 1. The summed E-state index contributed by atoms with van der Waals surface area (Å²) in [5.74, 6) is 0.518. The molecule has 1 saturated heterocycles. The fraction of sp³-hybridized carbons (Fsp3) is 0.909. The van der Waals surface area contributed by atoms with Crippen LogP contribution in [0, 0.1) is 5.92 Å². The van der Waals surface area contributed by atoms with Gasteiger partial charge in [-0.1, -0.05) is 6.92 Å². The number of hydrogen-bond donors (Lipinski definition) is 1. The van der Waals surface area contributed by atoms with Crippen LogP contribution in [-0.4, -0.2) is 62.3 Å². The maximum absolute atomic E-state index is 11.4. The molecule has 1 aliphatic rings. The molecule has 16 heavy (non-hydrogen) atoms. The zero-order valence-corrected chi connectivity index (χ0v) is 10.3. The Hall–Kier alpha value is -0.810. The summed E-state index contributed by atoms with van der Waals surface area (Å²) >= 11 is 0. The molecule has 0 spiro atoms. The van der Waals surface area contributed by atoms with E-state index in [-0.39, 0.29) is 6.09 Å². The standard InChI is InChI=1S/C11H23N3O2/c1-10(8-12)9-13-4-3-5-14(7-6-13)11(15)16-2/h10H,3-9,12H2,1-2H3. The molecule has 0 aromatic carbocycles. The Balaban J connectivity index is 2.37. The summed E-state index contributed by atoms with van der Waals surface area (Å²) in [6.45, 7) is 7.40. The first kappa shape index (κ1) is 13.3. The largest absolute Gasteiger partial charge is 0.453 e. The molecule has 5 heteroatoms. The zero-order valence-electron chi connectivity index (χ0n) is 10.3. The summed E-state index contributed by atoms with van der Waals surface area (Å²) in [4.78, 5) is 15.5. The fourth-order valence-corrected chi connectivity index (χ4v) is 1.98. The van der Waals surface area contributed by atoms with E-state index in [9.17, 15) is 4.79 Å². The number of ether oxygens (including phenoxy) is 1. The molecule has 0 bridgehead atoms. The van der Waals surface area contributed by atoms with Gasteiger partial charge in [0.15, 0.2) is 0 Å². The van der Waals surface area contributed by atoms with Crippen LogP contribution in [0.25, 0.3) is 0 Å². The first-order valence-corrected chi connectivity index (χ1v) is 5.92. The van der Waals surface area contributed by atoms with Crippen molar-refractivity contribution in [1.29, 1.82) is 0 Å². The van der Waals surface area contributed by atoms with E-state index in [2.05, 4.69) is 11.8 Å². The van der Waals surface area contributed by atoms with Crippen LogP contribution >= 0.6 is 0 Å². The molecule has 0 saturated carbocycles. The van der Waals surface area contributed by atoms with Gasteiger partial charge >= 0.3 is 6.09 Å². The molecule has 1 rings (SSSR count). The van der Waals surface area contributed by atoms with E-state index in [0.29, 0.717) is 5.92 Å². The van der Waals surface area contributed by atoms with E-state index >= 15 is 0 Å². The van der Waals surface area contributed by atoms with Crippen molar-refractivity contribution in [2.75, 3.05) is 46.4 Å².